The Kier molecular flexibility index (Phi) is 4.93. The van der Waals surface area contributed by atoms with Gasteiger partial charge in [0.1, 0.15) is 6.54 Å². The van der Waals surface area contributed by atoms with Crippen molar-refractivity contribution >= 4 is 5.91 Å². The molecule has 1 atom stereocenters. The van der Waals surface area contributed by atoms with Crippen LogP contribution in [-0.4, -0.2) is 43.2 Å². The molecule has 1 rings (SSSR count). The molecule has 0 bridgehead atoms. The summed E-state index contributed by atoms with van der Waals surface area (Å²) in [6.45, 7) is 3.84. The van der Waals surface area contributed by atoms with Crippen LogP contribution in [0.1, 0.15) is 19.8 Å². The minimum atomic E-state index is -0.102. The highest BCUT2D eigenvalue weighted by Gasteiger charge is 2.27. The first kappa shape index (κ1) is 11.8. The Balaban J connectivity index is 2.44. The predicted octanol–water partition coefficient (Wildman–Crippen LogP) is 1.32. The molecule has 0 saturated carbocycles. The van der Waals surface area contributed by atoms with Gasteiger partial charge in [0.15, 0.2) is 0 Å². The SMILES string of the molecule is CCOCC1CCCN1C(=O)CN=[N+]=[N-]. The molecule has 15 heavy (non-hydrogen) atoms. The van der Waals surface area contributed by atoms with Crippen LogP contribution in [0.5, 0.6) is 0 Å². The van der Waals surface area contributed by atoms with Crippen molar-refractivity contribution in [3.8, 4) is 0 Å². The second-order valence-electron chi connectivity index (χ2n) is 3.43. The third kappa shape index (κ3) is 3.42. The molecule has 0 spiro atoms. The van der Waals surface area contributed by atoms with Gasteiger partial charge < -0.3 is 9.64 Å². The molecule has 84 valence electrons. The van der Waals surface area contributed by atoms with Gasteiger partial charge in [0.2, 0.25) is 5.91 Å². The molecule has 1 fully saturated rings. The number of rotatable bonds is 5. The highest BCUT2D eigenvalue weighted by Crippen LogP contribution is 2.17. The number of carbonyl (C=O) groups is 1. The third-order valence-corrected chi connectivity index (χ3v) is 2.48. The van der Waals surface area contributed by atoms with E-state index in [1.165, 1.54) is 0 Å². The van der Waals surface area contributed by atoms with Gasteiger partial charge in [-0.1, -0.05) is 5.11 Å². The zero-order chi connectivity index (χ0) is 11.1. The van der Waals surface area contributed by atoms with Gasteiger partial charge in [-0.2, -0.15) is 0 Å². The van der Waals surface area contributed by atoms with E-state index in [0.29, 0.717) is 13.2 Å². The van der Waals surface area contributed by atoms with E-state index in [1.807, 2.05) is 6.92 Å². The monoisotopic (exact) mass is 212 g/mol. The molecule has 1 heterocycles. The first-order valence-corrected chi connectivity index (χ1v) is 5.17. The molecule has 1 aliphatic heterocycles. The number of hydrogen-bond donors (Lipinski definition) is 0. The van der Waals surface area contributed by atoms with Crippen LogP contribution in [0.25, 0.3) is 10.4 Å². The largest absolute Gasteiger partial charge is 0.380 e. The van der Waals surface area contributed by atoms with Gasteiger partial charge in [0, 0.05) is 18.1 Å². The summed E-state index contributed by atoms with van der Waals surface area (Å²) in [5, 5.41) is 3.28. The van der Waals surface area contributed by atoms with E-state index >= 15 is 0 Å². The Hall–Kier alpha value is -1.26. The summed E-state index contributed by atoms with van der Waals surface area (Å²) in [6, 6.07) is 0.159. The summed E-state index contributed by atoms with van der Waals surface area (Å²) in [7, 11) is 0. The fourth-order valence-corrected chi connectivity index (χ4v) is 1.77. The highest BCUT2D eigenvalue weighted by atomic mass is 16.5. The molecule has 0 N–H and O–H groups in total. The Bertz CT molecular complexity index is 263. The molecule has 0 aromatic carbocycles. The van der Waals surface area contributed by atoms with E-state index in [-0.39, 0.29) is 18.5 Å². The van der Waals surface area contributed by atoms with Gasteiger partial charge in [-0.05, 0) is 25.3 Å². The summed E-state index contributed by atoms with van der Waals surface area (Å²) in [5.74, 6) is -0.102. The molecule has 6 heteroatoms. The average molecular weight is 212 g/mol. The maximum absolute atomic E-state index is 11.6. The lowest BCUT2D eigenvalue weighted by Gasteiger charge is -2.23. The molecule has 6 nitrogen and oxygen atoms in total. The van der Waals surface area contributed by atoms with Crippen LogP contribution in [0.3, 0.4) is 0 Å². The molecule has 1 amide bonds. The molecular formula is C9H16N4O2. The summed E-state index contributed by atoms with van der Waals surface area (Å²) in [6.07, 6.45) is 1.97. The second-order valence-corrected chi connectivity index (χ2v) is 3.43. The topological polar surface area (TPSA) is 78.3 Å². The molecule has 0 radical (unpaired) electrons. The van der Waals surface area contributed by atoms with Crippen molar-refractivity contribution in [2.24, 2.45) is 5.11 Å². The zero-order valence-electron chi connectivity index (χ0n) is 8.93. The van der Waals surface area contributed by atoms with E-state index in [9.17, 15) is 4.79 Å². The molecular weight excluding hydrogens is 196 g/mol. The lowest BCUT2D eigenvalue weighted by molar-refractivity contribution is -0.131. The van der Waals surface area contributed by atoms with Crippen LogP contribution in [0.15, 0.2) is 5.11 Å². The van der Waals surface area contributed by atoms with Gasteiger partial charge in [0.05, 0.1) is 12.6 Å². The number of ether oxygens (including phenoxy) is 1. The van der Waals surface area contributed by atoms with Crippen molar-refractivity contribution < 1.29 is 9.53 Å². The molecule has 1 aliphatic rings. The van der Waals surface area contributed by atoms with Crippen molar-refractivity contribution in [3.05, 3.63) is 10.4 Å². The quantitative estimate of drug-likeness (QED) is 0.391. The molecule has 1 saturated heterocycles. The van der Waals surface area contributed by atoms with Crippen LogP contribution < -0.4 is 0 Å². The number of azide groups is 1. The normalized spacial score (nSPS) is 20.1. The first-order valence-electron chi connectivity index (χ1n) is 5.17. The molecule has 0 aliphatic carbocycles. The summed E-state index contributed by atoms with van der Waals surface area (Å²) in [5.41, 5.74) is 8.13. The van der Waals surface area contributed by atoms with E-state index in [2.05, 4.69) is 10.0 Å². The van der Waals surface area contributed by atoms with Crippen molar-refractivity contribution in [1.82, 2.24) is 4.90 Å². The lowest BCUT2D eigenvalue weighted by atomic mass is 10.2. The predicted molar refractivity (Wildman–Crippen MR) is 55.2 cm³/mol. The smallest absolute Gasteiger partial charge is 0.228 e. The van der Waals surface area contributed by atoms with Crippen LogP contribution >= 0.6 is 0 Å². The highest BCUT2D eigenvalue weighted by molar-refractivity contribution is 5.79. The van der Waals surface area contributed by atoms with Gasteiger partial charge in [-0.25, -0.2) is 0 Å². The zero-order valence-corrected chi connectivity index (χ0v) is 8.93. The minimum absolute atomic E-state index is 0.0842. The number of hydrogen-bond acceptors (Lipinski definition) is 3. The minimum Gasteiger partial charge on any atom is -0.380 e. The lowest BCUT2D eigenvalue weighted by Crippen LogP contribution is -2.39. The Labute approximate surface area is 88.8 Å². The molecule has 1 unspecified atom stereocenters. The van der Waals surface area contributed by atoms with Crippen molar-refractivity contribution in [2.45, 2.75) is 25.8 Å². The number of amides is 1. The molecule has 0 aromatic rings. The fourth-order valence-electron chi connectivity index (χ4n) is 1.77. The maximum atomic E-state index is 11.6. The van der Waals surface area contributed by atoms with Crippen LogP contribution in [0.4, 0.5) is 0 Å². The third-order valence-electron chi connectivity index (χ3n) is 2.48. The number of likely N-dealkylation sites (tertiary alicyclic amines) is 1. The second kappa shape index (κ2) is 6.27. The van der Waals surface area contributed by atoms with Gasteiger partial charge in [0.25, 0.3) is 0 Å². The fraction of sp³-hybridized carbons (Fsp3) is 0.889. The van der Waals surface area contributed by atoms with Gasteiger partial charge >= 0.3 is 0 Å². The first-order chi connectivity index (χ1) is 7.29. The van der Waals surface area contributed by atoms with Crippen molar-refractivity contribution in [1.29, 1.82) is 0 Å². The van der Waals surface area contributed by atoms with Gasteiger partial charge in [-0.3, -0.25) is 4.79 Å². The maximum Gasteiger partial charge on any atom is 0.228 e. The van der Waals surface area contributed by atoms with Crippen LogP contribution in [0, 0.1) is 0 Å². The van der Waals surface area contributed by atoms with E-state index in [1.54, 1.807) is 4.90 Å². The summed E-state index contributed by atoms with van der Waals surface area (Å²) < 4.78 is 5.30. The van der Waals surface area contributed by atoms with Crippen molar-refractivity contribution in [2.75, 3.05) is 26.3 Å². The van der Waals surface area contributed by atoms with E-state index in [0.717, 1.165) is 19.4 Å². The van der Waals surface area contributed by atoms with E-state index in [4.69, 9.17) is 10.3 Å². The standard InChI is InChI=1S/C9H16N4O2/c1-2-15-7-8-4-3-5-13(8)9(14)6-11-12-10/h8H,2-7H2,1H3. The Morgan fingerprint density at radius 1 is 1.73 bits per heavy atom. The Morgan fingerprint density at radius 3 is 3.20 bits per heavy atom. The molecule has 0 aromatic heterocycles. The number of nitrogens with zero attached hydrogens (tertiary/aromatic N) is 4. The van der Waals surface area contributed by atoms with Crippen LogP contribution in [-0.2, 0) is 9.53 Å². The van der Waals surface area contributed by atoms with Crippen molar-refractivity contribution in [3.63, 3.8) is 0 Å². The average Bonchev–Trinajstić information content (AvgIpc) is 2.71. The summed E-state index contributed by atoms with van der Waals surface area (Å²) >= 11 is 0. The summed E-state index contributed by atoms with van der Waals surface area (Å²) in [4.78, 5) is 15.9. The Morgan fingerprint density at radius 2 is 2.53 bits per heavy atom. The van der Waals surface area contributed by atoms with Crippen LogP contribution in [0.2, 0.25) is 0 Å². The van der Waals surface area contributed by atoms with Gasteiger partial charge in [-0.15, -0.1) is 0 Å². The van der Waals surface area contributed by atoms with E-state index < -0.39 is 0 Å². The number of carbonyl (C=O) groups excluding carboxylic acids is 1.